The molecule has 2 aromatic rings. The lowest BCUT2D eigenvalue weighted by Crippen LogP contribution is -2.40. The highest BCUT2D eigenvalue weighted by Crippen LogP contribution is 2.23. The summed E-state index contributed by atoms with van der Waals surface area (Å²) in [5.74, 6) is 0.469. The number of benzene rings is 2. The highest BCUT2D eigenvalue weighted by Gasteiger charge is 2.22. The van der Waals surface area contributed by atoms with Gasteiger partial charge in [0.15, 0.2) is 0 Å². The monoisotopic (exact) mass is 497 g/mol. The maximum atomic E-state index is 12.4. The predicted octanol–water partition coefficient (Wildman–Crippen LogP) is 6.92. The van der Waals surface area contributed by atoms with Crippen LogP contribution >= 0.6 is 11.8 Å². The van der Waals surface area contributed by atoms with E-state index in [0.29, 0.717) is 12.2 Å². The first-order valence-electron chi connectivity index (χ1n) is 12.7. The third-order valence-corrected chi connectivity index (χ3v) is 7.07. The summed E-state index contributed by atoms with van der Waals surface area (Å²) in [7, 11) is 0. The summed E-state index contributed by atoms with van der Waals surface area (Å²) in [4.78, 5) is 25.9. The number of nitrogens with one attached hydrogen (secondary N) is 1. The highest BCUT2D eigenvalue weighted by atomic mass is 32.2. The lowest BCUT2D eigenvalue weighted by molar-refractivity contribution is -0.150. The molecular formula is C29H39NO4S. The molecule has 0 aromatic heterocycles. The molecule has 0 heterocycles. The van der Waals surface area contributed by atoms with Crippen molar-refractivity contribution in [3.05, 3.63) is 65.7 Å². The molecule has 6 heteroatoms. The van der Waals surface area contributed by atoms with Crippen LogP contribution in [0.25, 0.3) is 0 Å². The molecule has 0 radical (unpaired) electrons. The Labute approximate surface area is 214 Å². The third-order valence-electron chi connectivity index (χ3n) is 5.89. The first kappa shape index (κ1) is 27.1. The SMILES string of the molecule is CC(C)(C)OC(=O)N[C@@H](CCC(=O)OC1CCCCC1)CSc1ccc(Cc2ccccc2)cc1. The smallest absolute Gasteiger partial charge is 0.407 e. The topological polar surface area (TPSA) is 64.6 Å². The molecule has 1 fully saturated rings. The Morgan fingerprint density at radius 1 is 0.971 bits per heavy atom. The Bertz CT molecular complexity index is 918. The van der Waals surface area contributed by atoms with Crippen molar-refractivity contribution >= 4 is 23.8 Å². The fourth-order valence-corrected chi connectivity index (χ4v) is 5.10. The molecule has 1 N–H and O–H groups in total. The van der Waals surface area contributed by atoms with Crippen molar-refractivity contribution in [1.82, 2.24) is 5.32 Å². The van der Waals surface area contributed by atoms with Gasteiger partial charge >= 0.3 is 12.1 Å². The fourth-order valence-electron chi connectivity index (χ4n) is 4.12. The standard InChI is InChI=1S/C29H39NO4S/c1-29(2,3)34-28(32)30-24(16-19-27(31)33-25-12-8-5-9-13-25)21-35-26-17-14-23(15-18-26)20-22-10-6-4-7-11-22/h4,6-7,10-11,14-15,17-18,24-25H,5,8-9,12-13,16,19-21H2,1-3H3,(H,30,32)/t24-/m0/s1. The molecule has 0 aliphatic heterocycles. The van der Waals surface area contributed by atoms with Crippen molar-refractivity contribution < 1.29 is 19.1 Å². The summed E-state index contributed by atoms with van der Waals surface area (Å²) in [6, 6.07) is 18.7. The molecule has 1 saturated carbocycles. The summed E-state index contributed by atoms with van der Waals surface area (Å²) in [6.45, 7) is 5.53. The number of thioether (sulfide) groups is 1. The summed E-state index contributed by atoms with van der Waals surface area (Å²) in [5, 5.41) is 2.96. The van der Waals surface area contributed by atoms with Gasteiger partial charge in [0.1, 0.15) is 11.7 Å². The predicted molar refractivity (Wildman–Crippen MR) is 142 cm³/mol. The number of alkyl carbamates (subject to hydrolysis) is 1. The van der Waals surface area contributed by atoms with Crippen molar-refractivity contribution in [2.24, 2.45) is 0 Å². The number of esters is 1. The van der Waals surface area contributed by atoms with E-state index in [1.54, 1.807) is 11.8 Å². The van der Waals surface area contributed by atoms with Crippen molar-refractivity contribution in [3.8, 4) is 0 Å². The van der Waals surface area contributed by atoms with E-state index in [1.807, 2.05) is 26.8 Å². The van der Waals surface area contributed by atoms with Crippen LogP contribution in [0.2, 0.25) is 0 Å². The minimum absolute atomic E-state index is 0.0530. The van der Waals surface area contributed by atoms with Gasteiger partial charge in [-0.25, -0.2) is 4.79 Å². The Kier molecular flexibility index (Phi) is 10.5. The van der Waals surface area contributed by atoms with Crippen LogP contribution in [0.4, 0.5) is 4.79 Å². The van der Waals surface area contributed by atoms with E-state index < -0.39 is 11.7 Å². The number of amides is 1. The van der Waals surface area contributed by atoms with Crippen LogP contribution in [0, 0.1) is 0 Å². The van der Waals surface area contributed by atoms with Crippen LogP contribution in [0.5, 0.6) is 0 Å². The molecule has 190 valence electrons. The zero-order chi connectivity index (χ0) is 25.1. The minimum Gasteiger partial charge on any atom is -0.462 e. The Hall–Kier alpha value is -2.47. The van der Waals surface area contributed by atoms with Gasteiger partial charge in [0.05, 0.1) is 0 Å². The molecule has 0 saturated heterocycles. The zero-order valence-corrected chi connectivity index (χ0v) is 22.1. The average Bonchev–Trinajstić information content (AvgIpc) is 2.82. The van der Waals surface area contributed by atoms with Crippen molar-refractivity contribution in [3.63, 3.8) is 0 Å². The molecular weight excluding hydrogens is 458 g/mol. The van der Waals surface area contributed by atoms with Gasteiger partial charge < -0.3 is 14.8 Å². The fraction of sp³-hybridized carbons (Fsp3) is 0.517. The first-order chi connectivity index (χ1) is 16.8. The number of carbonyl (C=O) groups excluding carboxylic acids is 2. The number of rotatable bonds is 10. The van der Waals surface area contributed by atoms with Gasteiger partial charge in [-0.2, -0.15) is 0 Å². The van der Waals surface area contributed by atoms with Crippen molar-refractivity contribution in [1.29, 1.82) is 0 Å². The molecule has 3 rings (SSSR count). The lowest BCUT2D eigenvalue weighted by Gasteiger charge is -2.24. The lowest BCUT2D eigenvalue weighted by atomic mass is 9.98. The van der Waals surface area contributed by atoms with Gasteiger partial charge in [-0.3, -0.25) is 4.79 Å². The van der Waals surface area contributed by atoms with Crippen LogP contribution < -0.4 is 5.32 Å². The second-order valence-corrected chi connectivity index (χ2v) is 11.3. The maximum Gasteiger partial charge on any atom is 0.407 e. The largest absolute Gasteiger partial charge is 0.462 e. The minimum atomic E-state index is -0.573. The molecule has 1 aliphatic rings. The van der Waals surface area contributed by atoms with E-state index in [2.05, 4.69) is 53.8 Å². The van der Waals surface area contributed by atoms with Gasteiger partial charge in [0.2, 0.25) is 0 Å². The van der Waals surface area contributed by atoms with Gasteiger partial charge in [-0.15, -0.1) is 11.8 Å². The van der Waals surface area contributed by atoms with Crippen molar-refractivity contribution in [2.75, 3.05) is 5.75 Å². The number of hydrogen-bond donors (Lipinski definition) is 1. The number of hydrogen-bond acceptors (Lipinski definition) is 5. The van der Waals surface area contributed by atoms with E-state index in [9.17, 15) is 9.59 Å². The normalized spacial score (nSPS) is 15.3. The Morgan fingerprint density at radius 2 is 1.63 bits per heavy atom. The van der Waals surface area contributed by atoms with Gasteiger partial charge in [-0.1, -0.05) is 48.9 Å². The van der Waals surface area contributed by atoms with Crippen molar-refractivity contribution in [2.45, 2.75) is 94.8 Å². The van der Waals surface area contributed by atoms with Gasteiger partial charge in [-0.05, 0) is 82.6 Å². The second kappa shape index (κ2) is 13.6. The van der Waals surface area contributed by atoms with Crippen LogP contribution in [-0.2, 0) is 20.7 Å². The third kappa shape index (κ3) is 10.8. The average molecular weight is 498 g/mol. The number of ether oxygens (including phenoxy) is 2. The quantitative estimate of drug-likeness (QED) is 0.285. The Morgan fingerprint density at radius 3 is 2.29 bits per heavy atom. The molecule has 0 bridgehead atoms. The van der Waals surface area contributed by atoms with E-state index in [4.69, 9.17) is 9.47 Å². The van der Waals surface area contributed by atoms with Gasteiger partial charge in [0, 0.05) is 23.1 Å². The number of carbonyl (C=O) groups is 2. The summed E-state index contributed by atoms with van der Waals surface area (Å²) >= 11 is 1.67. The molecule has 35 heavy (non-hydrogen) atoms. The highest BCUT2D eigenvalue weighted by molar-refractivity contribution is 7.99. The molecule has 1 atom stereocenters. The van der Waals surface area contributed by atoms with Crippen LogP contribution in [0.3, 0.4) is 0 Å². The van der Waals surface area contributed by atoms with Crippen LogP contribution in [0.1, 0.15) is 76.8 Å². The summed E-state index contributed by atoms with van der Waals surface area (Å²) in [5.41, 5.74) is 1.97. The van der Waals surface area contributed by atoms with Crippen LogP contribution in [0.15, 0.2) is 59.5 Å². The van der Waals surface area contributed by atoms with E-state index in [1.165, 1.54) is 17.5 Å². The molecule has 0 spiro atoms. The van der Waals surface area contributed by atoms with E-state index in [-0.39, 0.29) is 24.5 Å². The second-order valence-electron chi connectivity index (χ2n) is 10.2. The zero-order valence-electron chi connectivity index (χ0n) is 21.3. The molecule has 0 unspecified atom stereocenters. The van der Waals surface area contributed by atoms with Crippen LogP contribution in [-0.4, -0.2) is 35.6 Å². The summed E-state index contributed by atoms with van der Waals surface area (Å²) in [6.07, 6.45) is 6.70. The van der Waals surface area contributed by atoms with E-state index in [0.717, 1.165) is 37.0 Å². The van der Waals surface area contributed by atoms with Gasteiger partial charge in [0.25, 0.3) is 0 Å². The maximum absolute atomic E-state index is 12.4. The molecule has 1 aliphatic carbocycles. The summed E-state index contributed by atoms with van der Waals surface area (Å²) < 4.78 is 11.1. The van der Waals surface area contributed by atoms with E-state index >= 15 is 0 Å². The molecule has 5 nitrogen and oxygen atoms in total. The Balaban J connectivity index is 1.52. The molecule has 1 amide bonds. The molecule has 2 aromatic carbocycles. The first-order valence-corrected chi connectivity index (χ1v) is 13.7.